The summed E-state index contributed by atoms with van der Waals surface area (Å²) < 4.78 is 12.1. The molecule has 1 aliphatic heterocycles. The number of hydrogen-bond acceptors (Lipinski definition) is 7. The van der Waals surface area contributed by atoms with E-state index in [1.54, 1.807) is 6.07 Å². The second-order valence-corrected chi connectivity index (χ2v) is 6.68. The first kappa shape index (κ1) is 18.2. The zero-order valence-corrected chi connectivity index (χ0v) is 16.0. The molecule has 1 aliphatic rings. The molecule has 0 amide bonds. The maximum Gasteiger partial charge on any atom is 0.343 e. The van der Waals surface area contributed by atoms with E-state index in [-0.39, 0.29) is 5.88 Å². The van der Waals surface area contributed by atoms with Crippen LogP contribution < -0.4 is 9.64 Å². The summed E-state index contributed by atoms with van der Waals surface area (Å²) in [6.07, 6.45) is 4.10. The average molecular weight is 381 g/mol. The molecular formula is C20H23N5O3. The van der Waals surface area contributed by atoms with Crippen molar-refractivity contribution in [2.24, 2.45) is 0 Å². The Morgan fingerprint density at radius 3 is 2.61 bits per heavy atom. The Hall–Kier alpha value is -3.13. The number of rotatable bonds is 5. The van der Waals surface area contributed by atoms with Gasteiger partial charge in [-0.15, -0.1) is 0 Å². The van der Waals surface area contributed by atoms with Crippen molar-refractivity contribution in [3.8, 4) is 5.88 Å². The van der Waals surface area contributed by atoms with E-state index in [0.29, 0.717) is 5.56 Å². The van der Waals surface area contributed by atoms with Gasteiger partial charge in [0.15, 0.2) is 0 Å². The van der Waals surface area contributed by atoms with Gasteiger partial charge in [-0.05, 0) is 24.3 Å². The van der Waals surface area contributed by atoms with Crippen LogP contribution in [-0.2, 0) is 11.3 Å². The first-order valence-corrected chi connectivity index (χ1v) is 9.21. The number of anilines is 1. The monoisotopic (exact) mass is 381 g/mol. The number of fused-ring (bicyclic) bond motifs is 1. The summed E-state index contributed by atoms with van der Waals surface area (Å²) in [6.45, 7) is 4.35. The van der Waals surface area contributed by atoms with Crippen LogP contribution >= 0.6 is 0 Å². The van der Waals surface area contributed by atoms with Crippen molar-refractivity contribution in [1.29, 1.82) is 0 Å². The van der Waals surface area contributed by atoms with Gasteiger partial charge in [0.2, 0.25) is 5.88 Å². The third-order valence-corrected chi connectivity index (χ3v) is 4.94. The number of aromatic nitrogens is 3. The predicted octanol–water partition coefficient (Wildman–Crippen LogP) is 1.85. The Kier molecular flexibility index (Phi) is 5.12. The van der Waals surface area contributed by atoms with Crippen molar-refractivity contribution in [3.05, 3.63) is 54.0 Å². The molecule has 3 aromatic rings. The molecule has 0 bridgehead atoms. The van der Waals surface area contributed by atoms with Crippen LogP contribution in [0.15, 0.2) is 42.7 Å². The summed E-state index contributed by atoms with van der Waals surface area (Å²) in [7, 11) is 2.85. The smallest absolute Gasteiger partial charge is 0.343 e. The number of pyridine rings is 2. The summed E-state index contributed by atoms with van der Waals surface area (Å²) in [5.74, 6) is 0.640. The molecule has 1 saturated heterocycles. The van der Waals surface area contributed by atoms with Crippen LogP contribution in [0, 0.1) is 0 Å². The van der Waals surface area contributed by atoms with E-state index < -0.39 is 5.97 Å². The molecule has 0 aromatic carbocycles. The second-order valence-electron chi connectivity index (χ2n) is 6.68. The van der Waals surface area contributed by atoms with Crippen LogP contribution in [0.5, 0.6) is 5.88 Å². The number of carbonyl (C=O) groups excluding carboxylic acids is 1. The molecule has 0 radical (unpaired) electrons. The first-order chi connectivity index (χ1) is 13.7. The molecule has 8 nitrogen and oxygen atoms in total. The normalized spacial score (nSPS) is 15.0. The van der Waals surface area contributed by atoms with Crippen LogP contribution in [-0.4, -0.2) is 65.6 Å². The van der Waals surface area contributed by atoms with Crippen LogP contribution in [0.1, 0.15) is 16.1 Å². The molecule has 0 spiro atoms. The molecule has 0 N–H and O–H groups in total. The van der Waals surface area contributed by atoms with Gasteiger partial charge in [-0.25, -0.2) is 9.78 Å². The number of imidazole rings is 1. The highest BCUT2D eigenvalue weighted by atomic mass is 16.5. The highest BCUT2D eigenvalue weighted by Gasteiger charge is 2.21. The largest absolute Gasteiger partial charge is 0.480 e. The summed E-state index contributed by atoms with van der Waals surface area (Å²) in [5.41, 5.74) is 2.37. The summed E-state index contributed by atoms with van der Waals surface area (Å²) in [5, 5.41) is 0. The van der Waals surface area contributed by atoms with Crippen molar-refractivity contribution in [2.45, 2.75) is 6.54 Å². The lowest BCUT2D eigenvalue weighted by molar-refractivity contribution is 0.0596. The van der Waals surface area contributed by atoms with Crippen LogP contribution in [0.4, 0.5) is 5.82 Å². The number of ether oxygens (including phenoxy) is 2. The lowest BCUT2D eigenvalue weighted by Gasteiger charge is -2.35. The van der Waals surface area contributed by atoms with E-state index >= 15 is 0 Å². The molecular weight excluding hydrogens is 358 g/mol. The van der Waals surface area contributed by atoms with Gasteiger partial charge >= 0.3 is 5.97 Å². The van der Waals surface area contributed by atoms with Gasteiger partial charge in [0.1, 0.15) is 17.0 Å². The van der Waals surface area contributed by atoms with Gasteiger partial charge in [0.05, 0.1) is 19.9 Å². The van der Waals surface area contributed by atoms with Gasteiger partial charge in [-0.1, -0.05) is 6.07 Å². The van der Waals surface area contributed by atoms with Crippen molar-refractivity contribution >= 4 is 17.4 Å². The quantitative estimate of drug-likeness (QED) is 0.625. The van der Waals surface area contributed by atoms with Crippen LogP contribution in [0.3, 0.4) is 0 Å². The van der Waals surface area contributed by atoms with E-state index in [4.69, 9.17) is 9.47 Å². The van der Waals surface area contributed by atoms with Crippen molar-refractivity contribution < 1.29 is 14.3 Å². The number of hydrogen-bond donors (Lipinski definition) is 0. The molecule has 0 saturated carbocycles. The summed E-state index contributed by atoms with van der Waals surface area (Å²) in [6, 6.07) is 9.56. The number of nitrogens with zero attached hydrogens (tertiary/aromatic N) is 5. The van der Waals surface area contributed by atoms with Crippen LogP contribution in [0.2, 0.25) is 0 Å². The average Bonchev–Trinajstić information content (AvgIpc) is 3.15. The summed E-state index contributed by atoms with van der Waals surface area (Å²) >= 11 is 0. The maximum absolute atomic E-state index is 11.8. The number of esters is 1. The minimum absolute atomic E-state index is 0.288. The highest BCUT2D eigenvalue weighted by Crippen LogP contribution is 2.23. The van der Waals surface area contributed by atoms with Crippen LogP contribution in [0.25, 0.3) is 5.65 Å². The highest BCUT2D eigenvalue weighted by molar-refractivity contribution is 5.92. The predicted molar refractivity (Wildman–Crippen MR) is 105 cm³/mol. The van der Waals surface area contributed by atoms with E-state index in [0.717, 1.165) is 49.9 Å². The van der Waals surface area contributed by atoms with Gasteiger partial charge in [-0.2, -0.15) is 4.98 Å². The van der Waals surface area contributed by atoms with Crippen molar-refractivity contribution in [2.75, 3.05) is 45.3 Å². The van der Waals surface area contributed by atoms with Crippen molar-refractivity contribution in [1.82, 2.24) is 19.3 Å². The molecule has 0 unspecified atom stereocenters. The Labute approximate surface area is 163 Å². The van der Waals surface area contributed by atoms with Gasteiger partial charge < -0.3 is 18.8 Å². The molecule has 1 fully saturated rings. The summed E-state index contributed by atoms with van der Waals surface area (Å²) in [4.78, 5) is 25.5. The lowest BCUT2D eigenvalue weighted by atomic mass is 10.2. The second kappa shape index (κ2) is 7.85. The Balaban J connectivity index is 1.40. The zero-order valence-electron chi connectivity index (χ0n) is 16.0. The van der Waals surface area contributed by atoms with E-state index in [1.165, 1.54) is 14.2 Å². The molecule has 4 rings (SSSR count). The topological polar surface area (TPSA) is 72.2 Å². The standard InChI is InChI=1S/C20H23N5O3/c1-27-19-16(20(26)28-2)6-7-18(22-19)24-11-9-23(10-12-24)13-15-14-25-8-4-3-5-17(25)21-15/h3-8,14H,9-13H2,1-2H3. The molecule has 0 aliphatic carbocycles. The van der Waals surface area contributed by atoms with Crippen molar-refractivity contribution in [3.63, 3.8) is 0 Å². The van der Waals surface area contributed by atoms with Gasteiger partial charge in [0.25, 0.3) is 0 Å². The zero-order chi connectivity index (χ0) is 19.5. The number of carbonyl (C=O) groups is 1. The molecule has 3 aromatic heterocycles. The minimum Gasteiger partial charge on any atom is -0.480 e. The molecule has 146 valence electrons. The first-order valence-electron chi connectivity index (χ1n) is 9.21. The lowest BCUT2D eigenvalue weighted by Crippen LogP contribution is -2.46. The Bertz CT molecular complexity index is 946. The van der Waals surface area contributed by atoms with Gasteiger partial charge in [0, 0.05) is 45.1 Å². The molecule has 28 heavy (non-hydrogen) atoms. The molecule has 0 atom stereocenters. The minimum atomic E-state index is -0.451. The number of piperazine rings is 1. The number of methoxy groups -OCH3 is 2. The van der Waals surface area contributed by atoms with Gasteiger partial charge in [-0.3, -0.25) is 4.90 Å². The third-order valence-electron chi connectivity index (χ3n) is 4.94. The Morgan fingerprint density at radius 1 is 1.07 bits per heavy atom. The fourth-order valence-electron chi connectivity index (χ4n) is 3.46. The molecule has 8 heteroatoms. The van der Waals surface area contributed by atoms with E-state index in [2.05, 4.69) is 26.0 Å². The maximum atomic E-state index is 11.8. The van der Waals surface area contributed by atoms with E-state index in [9.17, 15) is 4.79 Å². The third kappa shape index (κ3) is 3.63. The SMILES string of the molecule is COC(=O)c1ccc(N2CCN(Cc3cn4ccccc4n3)CC2)nc1OC. The fourth-order valence-corrected chi connectivity index (χ4v) is 3.46. The fraction of sp³-hybridized carbons (Fsp3) is 0.350. The Morgan fingerprint density at radius 2 is 1.89 bits per heavy atom. The molecule has 4 heterocycles. The van der Waals surface area contributed by atoms with E-state index in [1.807, 2.05) is 34.9 Å².